The SMILES string of the molecule is CN1CC(C(=O)N(C)Cc2ccc(Cl)c(Cl)c2)=C(O)C1=O. The fourth-order valence-corrected chi connectivity index (χ4v) is 2.40. The molecule has 0 bridgehead atoms. The molecule has 7 heteroatoms. The van der Waals surface area contributed by atoms with Crippen molar-refractivity contribution in [2.75, 3.05) is 20.6 Å². The van der Waals surface area contributed by atoms with Gasteiger partial charge in [-0.3, -0.25) is 9.59 Å². The number of amides is 2. The van der Waals surface area contributed by atoms with Crippen molar-refractivity contribution in [2.24, 2.45) is 0 Å². The second-order valence-corrected chi connectivity index (χ2v) is 5.71. The topological polar surface area (TPSA) is 60.9 Å². The number of carbonyl (C=O) groups excluding carboxylic acids is 2. The van der Waals surface area contributed by atoms with Crippen LogP contribution in [-0.4, -0.2) is 47.4 Å². The summed E-state index contributed by atoms with van der Waals surface area (Å²) in [6.45, 7) is 0.402. The molecule has 112 valence electrons. The fourth-order valence-electron chi connectivity index (χ4n) is 2.08. The molecule has 0 atom stereocenters. The highest BCUT2D eigenvalue weighted by Crippen LogP contribution is 2.24. The summed E-state index contributed by atoms with van der Waals surface area (Å²) in [5.41, 5.74) is 0.906. The molecule has 1 N–H and O–H groups in total. The zero-order chi connectivity index (χ0) is 15.7. The third kappa shape index (κ3) is 3.14. The maximum absolute atomic E-state index is 12.3. The normalized spacial score (nSPS) is 14.9. The fraction of sp³-hybridized carbons (Fsp3) is 0.286. The van der Waals surface area contributed by atoms with Crippen molar-refractivity contribution in [3.63, 3.8) is 0 Å². The summed E-state index contributed by atoms with van der Waals surface area (Å²) in [5, 5.41) is 10.5. The van der Waals surface area contributed by atoms with Crippen molar-refractivity contribution in [1.82, 2.24) is 9.80 Å². The molecule has 0 radical (unpaired) electrons. The van der Waals surface area contributed by atoms with Crippen LogP contribution < -0.4 is 0 Å². The van der Waals surface area contributed by atoms with E-state index in [0.717, 1.165) is 5.56 Å². The first-order chi connectivity index (χ1) is 9.81. The molecule has 0 saturated carbocycles. The van der Waals surface area contributed by atoms with Crippen molar-refractivity contribution in [2.45, 2.75) is 6.54 Å². The van der Waals surface area contributed by atoms with E-state index in [1.165, 1.54) is 16.8 Å². The van der Waals surface area contributed by atoms with E-state index < -0.39 is 17.6 Å². The lowest BCUT2D eigenvalue weighted by Gasteiger charge is -2.18. The Morgan fingerprint density at radius 2 is 2.05 bits per heavy atom. The molecule has 2 amide bonds. The van der Waals surface area contributed by atoms with E-state index in [2.05, 4.69) is 0 Å². The van der Waals surface area contributed by atoms with Gasteiger partial charge in [0.2, 0.25) is 0 Å². The molecule has 0 fully saturated rings. The molecule has 0 spiro atoms. The molecule has 1 aliphatic rings. The number of nitrogens with zero attached hydrogens (tertiary/aromatic N) is 2. The van der Waals surface area contributed by atoms with Gasteiger partial charge in [0.05, 0.1) is 22.2 Å². The summed E-state index contributed by atoms with van der Waals surface area (Å²) in [7, 11) is 3.12. The van der Waals surface area contributed by atoms with Gasteiger partial charge in [-0.25, -0.2) is 0 Å². The van der Waals surface area contributed by atoms with Crippen LogP contribution in [0.25, 0.3) is 0 Å². The van der Waals surface area contributed by atoms with Crippen LogP contribution in [0.4, 0.5) is 0 Å². The van der Waals surface area contributed by atoms with E-state index in [4.69, 9.17) is 23.2 Å². The number of benzene rings is 1. The lowest BCUT2D eigenvalue weighted by molar-refractivity contribution is -0.127. The summed E-state index contributed by atoms with van der Waals surface area (Å²) < 4.78 is 0. The Kier molecular flexibility index (Phi) is 4.44. The van der Waals surface area contributed by atoms with Gasteiger partial charge in [-0.15, -0.1) is 0 Å². The van der Waals surface area contributed by atoms with E-state index in [1.54, 1.807) is 25.2 Å². The van der Waals surface area contributed by atoms with Crippen LogP contribution in [0.1, 0.15) is 5.56 Å². The minimum absolute atomic E-state index is 0.102. The van der Waals surface area contributed by atoms with E-state index in [-0.39, 0.29) is 12.1 Å². The molecule has 0 aromatic heterocycles. The molecular weight excluding hydrogens is 315 g/mol. The molecule has 1 aliphatic heterocycles. The maximum Gasteiger partial charge on any atom is 0.289 e. The largest absolute Gasteiger partial charge is 0.503 e. The Bertz CT molecular complexity index is 643. The van der Waals surface area contributed by atoms with Gasteiger partial charge in [-0.1, -0.05) is 29.3 Å². The zero-order valence-corrected chi connectivity index (χ0v) is 13.1. The maximum atomic E-state index is 12.3. The molecule has 0 unspecified atom stereocenters. The highest BCUT2D eigenvalue weighted by atomic mass is 35.5. The van der Waals surface area contributed by atoms with Crippen LogP contribution in [0.2, 0.25) is 10.0 Å². The summed E-state index contributed by atoms with van der Waals surface area (Å²) in [4.78, 5) is 26.5. The number of hydrogen-bond acceptors (Lipinski definition) is 3. The average molecular weight is 329 g/mol. The average Bonchev–Trinajstić information content (AvgIpc) is 2.69. The second kappa shape index (κ2) is 5.95. The minimum atomic E-state index is -0.540. The van der Waals surface area contributed by atoms with Crippen molar-refractivity contribution >= 4 is 35.0 Å². The lowest BCUT2D eigenvalue weighted by atomic mass is 10.2. The van der Waals surface area contributed by atoms with Gasteiger partial charge in [-0.2, -0.15) is 0 Å². The molecule has 1 aromatic carbocycles. The number of likely N-dealkylation sites (N-methyl/N-ethyl adjacent to an activating group) is 2. The second-order valence-electron chi connectivity index (χ2n) is 4.90. The molecule has 2 rings (SSSR count). The van der Waals surface area contributed by atoms with Gasteiger partial charge >= 0.3 is 0 Å². The lowest BCUT2D eigenvalue weighted by Crippen LogP contribution is -2.30. The Morgan fingerprint density at radius 3 is 2.57 bits per heavy atom. The van der Waals surface area contributed by atoms with Crippen LogP contribution in [-0.2, 0) is 16.1 Å². The number of carbonyl (C=O) groups is 2. The van der Waals surface area contributed by atoms with E-state index in [1.807, 2.05) is 0 Å². The molecule has 5 nitrogen and oxygen atoms in total. The first-order valence-corrected chi connectivity index (χ1v) is 6.93. The highest BCUT2D eigenvalue weighted by Gasteiger charge is 2.32. The van der Waals surface area contributed by atoms with Gasteiger partial charge in [-0.05, 0) is 17.7 Å². The van der Waals surface area contributed by atoms with Gasteiger partial charge in [0.1, 0.15) is 0 Å². The standard InChI is InChI=1S/C14H14Cl2N2O3/c1-17(6-8-3-4-10(15)11(16)5-8)13(20)9-7-18(2)14(21)12(9)19/h3-5,19H,6-7H2,1-2H3. The number of aliphatic hydroxyl groups excluding tert-OH is 1. The Labute approximate surface area is 132 Å². The van der Waals surface area contributed by atoms with Crippen molar-refractivity contribution in [1.29, 1.82) is 0 Å². The van der Waals surface area contributed by atoms with Crippen LogP contribution in [0.15, 0.2) is 29.5 Å². The molecular formula is C14H14Cl2N2O3. The summed E-state index contributed by atoms with van der Waals surface area (Å²) >= 11 is 11.8. The van der Waals surface area contributed by atoms with Gasteiger partial charge in [0, 0.05) is 20.6 Å². The molecule has 21 heavy (non-hydrogen) atoms. The number of aliphatic hydroxyl groups is 1. The van der Waals surface area contributed by atoms with Crippen LogP contribution in [0.3, 0.4) is 0 Å². The quantitative estimate of drug-likeness (QED) is 0.925. The number of halogens is 2. The molecule has 1 aromatic rings. The monoisotopic (exact) mass is 328 g/mol. The van der Waals surface area contributed by atoms with Crippen LogP contribution in [0, 0.1) is 0 Å². The predicted octanol–water partition coefficient (Wildman–Crippen LogP) is 2.24. The van der Waals surface area contributed by atoms with E-state index in [9.17, 15) is 14.7 Å². The van der Waals surface area contributed by atoms with Crippen LogP contribution in [0.5, 0.6) is 0 Å². The molecule has 0 aliphatic carbocycles. The minimum Gasteiger partial charge on any atom is -0.503 e. The van der Waals surface area contributed by atoms with Crippen molar-refractivity contribution < 1.29 is 14.7 Å². The van der Waals surface area contributed by atoms with E-state index in [0.29, 0.717) is 16.6 Å². The van der Waals surface area contributed by atoms with Gasteiger partial charge < -0.3 is 14.9 Å². The number of hydrogen-bond donors (Lipinski definition) is 1. The highest BCUT2D eigenvalue weighted by molar-refractivity contribution is 6.42. The molecule has 0 saturated heterocycles. The Morgan fingerprint density at radius 1 is 1.38 bits per heavy atom. The third-order valence-corrected chi connectivity index (χ3v) is 3.98. The Balaban J connectivity index is 2.13. The zero-order valence-electron chi connectivity index (χ0n) is 11.6. The van der Waals surface area contributed by atoms with Gasteiger partial charge in [0.15, 0.2) is 5.76 Å². The van der Waals surface area contributed by atoms with Crippen molar-refractivity contribution in [3.8, 4) is 0 Å². The number of rotatable bonds is 3. The first-order valence-electron chi connectivity index (χ1n) is 6.18. The summed E-state index contributed by atoms with van der Waals surface area (Å²) in [6, 6.07) is 5.09. The molecule has 1 heterocycles. The first kappa shape index (κ1) is 15.7. The predicted molar refractivity (Wildman–Crippen MR) is 80.2 cm³/mol. The van der Waals surface area contributed by atoms with Crippen molar-refractivity contribution in [3.05, 3.63) is 45.1 Å². The Hall–Kier alpha value is -1.72. The smallest absolute Gasteiger partial charge is 0.289 e. The summed E-state index contributed by atoms with van der Waals surface area (Å²) in [6.07, 6.45) is 0. The van der Waals surface area contributed by atoms with E-state index >= 15 is 0 Å². The van der Waals surface area contributed by atoms with Crippen LogP contribution >= 0.6 is 23.2 Å². The van der Waals surface area contributed by atoms with Gasteiger partial charge in [0.25, 0.3) is 11.8 Å². The third-order valence-electron chi connectivity index (χ3n) is 3.24. The summed E-state index contributed by atoms with van der Waals surface area (Å²) in [5.74, 6) is -1.42.